The Bertz CT molecular complexity index is 310. The number of carbonyl (C=O) groups is 2. The topological polar surface area (TPSA) is 69.6 Å². The Hall–Kier alpha value is -1.26. The quantitative estimate of drug-likeness (QED) is 0.781. The van der Waals surface area contributed by atoms with Crippen molar-refractivity contribution in [2.75, 3.05) is 7.05 Å². The van der Waals surface area contributed by atoms with Crippen LogP contribution in [0.2, 0.25) is 0 Å². The summed E-state index contributed by atoms with van der Waals surface area (Å²) in [5.74, 6) is -0.884. The normalized spacial score (nSPS) is 14.6. The largest absolute Gasteiger partial charge is 0.481 e. The van der Waals surface area contributed by atoms with Crippen molar-refractivity contribution in [2.45, 2.75) is 66.0 Å². The van der Waals surface area contributed by atoms with Crippen LogP contribution in [0, 0.1) is 5.41 Å². The van der Waals surface area contributed by atoms with E-state index in [-0.39, 0.29) is 30.0 Å². The summed E-state index contributed by atoms with van der Waals surface area (Å²) in [6, 6.07) is -0.439. The standard InChI is InChI=1S/C14H28N2O3/c1-7-8-11(9-12(17)18)15-13(19)16(6)10(2)14(3,4)5/h10-11H,7-9H2,1-6H3,(H,15,19)(H,17,18). The fourth-order valence-corrected chi connectivity index (χ4v) is 1.82. The van der Waals surface area contributed by atoms with E-state index in [4.69, 9.17) is 5.11 Å². The van der Waals surface area contributed by atoms with E-state index in [0.717, 1.165) is 6.42 Å². The third-order valence-electron chi connectivity index (χ3n) is 3.54. The molecule has 0 rings (SSSR count). The van der Waals surface area contributed by atoms with E-state index in [1.807, 2.05) is 13.8 Å². The van der Waals surface area contributed by atoms with Gasteiger partial charge in [-0.05, 0) is 18.8 Å². The number of carboxylic acid groups (broad SMARTS) is 1. The van der Waals surface area contributed by atoms with Gasteiger partial charge in [0.15, 0.2) is 0 Å². The monoisotopic (exact) mass is 272 g/mol. The number of nitrogens with one attached hydrogen (secondary N) is 1. The summed E-state index contributed by atoms with van der Waals surface area (Å²) in [6.45, 7) is 10.2. The molecule has 2 unspecified atom stereocenters. The Balaban J connectivity index is 4.58. The molecule has 0 aromatic carbocycles. The predicted molar refractivity (Wildman–Crippen MR) is 76.2 cm³/mol. The van der Waals surface area contributed by atoms with Gasteiger partial charge in [0.05, 0.1) is 6.42 Å². The lowest BCUT2D eigenvalue weighted by Crippen LogP contribution is -2.50. The molecular formula is C14H28N2O3. The zero-order valence-corrected chi connectivity index (χ0v) is 13.0. The van der Waals surface area contributed by atoms with Crippen LogP contribution in [0.3, 0.4) is 0 Å². The number of carbonyl (C=O) groups excluding carboxylic acids is 1. The average molecular weight is 272 g/mol. The number of aliphatic carboxylic acids is 1. The van der Waals surface area contributed by atoms with Crippen LogP contribution in [0.1, 0.15) is 53.9 Å². The first-order valence-corrected chi connectivity index (χ1v) is 6.84. The third kappa shape index (κ3) is 6.45. The molecule has 112 valence electrons. The molecule has 0 saturated heterocycles. The van der Waals surface area contributed by atoms with Crippen LogP contribution in [0.15, 0.2) is 0 Å². The van der Waals surface area contributed by atoms with Crippen LogP contribution in [-0.4, -0.2) is 41.1 Å². The molecule has 5 heteroatoms. The molecule has 5 nitrogen and oxygen atoms in total. The Morgan fingerprint density at radius 3 is 2.21 bits per heavy atom. The number of amides is 2. The fourth-order valence-electron chi connectivity index (χ4n) is 1.82. The molecule has 0 aromatic rings. The lowest BCUT2D eigenvalue weighted by atomic mass is 9.87. The van der Waals surface area contributed by atoms with Gasteiger partial charge in [0.25, 0.3) is 0 Å². The fraction of sp³-hybridized carbons (Fsp3) is 0.857. The molecule has 0 aliphatic rings. The maximum atomic E-state index is 12.1. The highest BCUT2D eigenvalue weighted by molar-refractivity contribution is 5.76. The molecule has 0 spiro atoms. The lowest BCUT2D eigenvalue weighted by molar-refractivity contribution is -0.137. The van der Waals surface area contributed by atoms with Crippen molar-refractivity contribution in [1.82, 2.24) is 10.2 Å². The predicted octanol–water partition coefficient (Wildman–Crippen LogP) is 2.71. The number of urea groups is 1. The first-order valence-electron chi connectivity index (χ1n) is 6.84. The van der Waals surface area contributed by atoms with Crippen molar-refractivity contribution in [1.29, 1.82) is 0 Å². The summed E-state index contributed by atoms with van der Waals surface area (Å²) < 4.78 is 0. The van der Waals surface area contributed by atoms with Gasteiger partial charge in [-0.2, -0.15) is 0 Å². The van der Waals surface area contributed by atoms with Crippen molar-refractivity contribution in [3.05, 3.63) is 0 Å². The van der Waals surface area contributed by atoms with Gasteiger partial charge in [0, 0.05) is 19.1 Å². The lowest BCUT2D eigenvalue weighted by Gasteiger charge is -2.36. The van der Waals surface area contributed by atoms with Gasteiger partial charge in [0.1, 0.15) is 0 Å². The van der Waals surface area contributed by atoms with Gasteiger partial charge in [-0.1, -0.05) is 34.1 Å². The minimum Gasteiger partial charge on any atom is -0.481 e. The highest BCUT2D eigenvalue weighted by atomic mass is 16.4. The van der Waals surface area contributed by atoms with E-state index in [9.17, 15) is 9.59 Å². The first kappa shape index (κ1) is 17.7. The molecule has 0 saturated carbocycles. The minimum absolute atomic E-state index is 0.0147. The van der Waals surface area contributed by atoms with Crippen LogP contribution < -0.4 is 5.32 Å². The molecule has 2 amide bonds. The highest BCUT2D eigenvalue weighted by Crippen LogP contribution is 2.23. The van der Waals surface area contributed by atoms with Crippen LogP contribution in [0.4, 0.5) is 4.79 Å². The molecule has 0 bridgehead atoms. The van der Waals surface area contributed by atoms with Crippen molar-refractivity contribution >= 4 is 12.0 Å². The van der Waals surface area contributed by atoms with Crippen molar-refractivity contribution in [2.24, 2.45) is 5.41 Å². The summed E-state index contributed by atoms with van der Waals surface area (Å²) in [4.78, 5) is 24.5. The van der Waals surface area contributed by atoms with Gasteiger partial charge in [-0.25, -0.2) is 4.79 Å². The molecule has 19 heavy (non-hydrogen) atoms. The van der Waals surface area contributed by atoms with E-state index in [1.165, 1.54) is 0 Å². The van der Waals surface area contributed by atoms with Crippen LogP contribution in [-0.2, 0) is 4.79 Å². The van der Waals surface area contributed by atoms with Crippen LogP contribution in [0.5, 0.6) is 0 Å². The summed E-state index contributed by atoms with van der Waals surface area (Å²) in [7, 11) is 1.75. The zero-order chi connectivity index (χ0) is 15.2. The molecule has 2 atom stereocenters. The number of rotatable bonds is 6. The average Bonchev–Trinajstić information content (AvgIpc) is 2.25. The maximum absolute atomic E-state index is 12.1. The molecule has 0 fully saturated rings. The van der Waals surface area contributed by atoms with E-state index in [2.05, 4.69) is 26.1 Å². The van der Waals surface area contributed by atoms with Crippen LogP contribution >= 0.6 is 0 Å². The van der Waals surface area contributed by atoms with Gasteiger partial charge in [-0.3, -0.25) is 4.79 Å². The maximum Gasteiger partial charge on any atom is 0.317 e. The SMILES string of the molecule is CCCC(CC(=O)O)NC(=O)N(C)C(C)C(C)(C)C. The van der Waals surface area contributed by atoms with Crippen LogP contribution in [0.25, 0.3) is 0 Å². The van der Waals surface area contributed by atoms with Crippen molar-refractivity contribution in [3.8, 4) is 0 Å². The molecule has 0 aliphatic carbocycles. The summed E-state index contributed by atoms with van der Waals surface area (Å²) in [6.07, 6.45) is 1.49. The molecule has 0 heterocycles. The van der Waals surface area contributed by atoms with Gasteiger partial charge < -0.3 is 15.3 Å². The zero-order valence-electron chi connectivity index (χ0n) is 13.0. The molecule has 0 aromatic heterocycles. The van der Waals surface area contributed by atoms with Gasteiger partial charge in [0.2, 0.25) is 0 Å². The first-order chi connectivity index (χ1) is 8.59. The summed E-state index contributed by atoms with van der Waals surface area (Å²) in [5.41, 5.74) is -0.0147. The number of nitrogens with zero attached hydrogens (tertiary/aromatic N) is 1. The number of hydrogen-bond donors (Lipinski definition) is 2. The Morgan fingerprint density at radius 2 is 1.84 bits per heavy atom. The highest BCUT2D eigenvalue weighted by Gasteiger charge is 2.28. The molecule has 0 radical (unpaired) electrons. The molecule has 2 N–H and O–H groups in total. The molecular weight excluding hydrogens is 244 g/mol. The smallest absolute Gasteiger partial charge is 0.317 e. The summed E-state index contributed by atoms with van der Waals surface area (Å²) in [5, 5.41) is 11.6. The second-order valence-corrected chi connectivity index (χ2v) is 6.19. The second-order valence-electron chi connectivity index (χ2n) is 6.19. The Kier molecular flexibility index (Phi) is 6.87. The number of hydrogen-bond acceptors (Lipinski definition) is 2. The van der Waals surface area contributed by atoms with E-state index in [0.29, 0.717) is 6.42 Å². The second kappa shape index (κ2) is 7.36. The van der Waals surface area contributed by atoms with E-state index in [1.54, 1.807) is 11.9 Å². The Labute approximate surface area is 116 Å². The van der Waals surface area contributed by atoms with Gasteiger partial charge >= 0.3 is 12.0 Å². The van der Waals surface area contributed by atoms with E-state index < -0.39 is 5.97 Å². The third-order valence-corrected chi connectivity index (χ3v) is 3.54. The van der Waals surface area contributed by atoms with E-state index >= 15 is 0 Å². The Morgan fingerprint density at radius 1 is 1.32 bits per heavy atom. The summed E-state index contributed by atoms with van der Waals surface area (Å²) >= 11 is 0. The minimum atomic E-state index is -0.884. The van der Waals surface area contributed by atoms with Crippen molar-refractivity contribution < 1.29 is 14.7 Å². The van der Waals surface area contributed by atoms with Gasteiger partial charge in [-0.15, -0.1) is 0 Å². The number of carboxylic acids is 1. The van der Waals surface area contributed by atoms with Crippen molar-refractivity contribution in [3.63, 3.8) is 0 Å². The molecule has 0 aliphatic heterocycles.